The van der Waals surface area contributed by atoms with Gasteiger partial charge in [-0.3, -0.25) is 4.90 Å². The number of benzene rings is 1. The molecule has 21 heavy (non-hydrogen) atoms. The van der Waals surface area contributed by atoms with Crippen LogP contribution in [0.1, 0.15) is 4.88 Å². The van der Waals surface area contributed by atoms with E-state index in [2.05, 4.69) is 14.8 Å². The Balaban J connectivity index is 0.00000161. The van der Waals surface area contributed by atoms with Crippen LogP contribution in [0.15, 0.2) is 30.5 Å². The first-order valence-electron chi connectivity index (χ1n) is 6.64. The predicted molar refractivity (Wildman–Crippen MR) is 87.7 cm³/mol. The lowest BCUT2D eigenvalue weighted by molar-refractivity contribution is 0.252. The maximum atomic E-state index is 12.9. The summed E-state index contributed by atoms with van der Waals surface area (Å²) in [4.78, 5) is 9.97. The van der Waals surface area contributed by atoms with Crippen molar-refractivity contribution >= 4 is 34.6 Å². The quantitative estimate of drug-likeness (QED) is 0.940. The molecule has 114 valence electrons. The van der Waals surface area contributed by atoms with Gasteiger partial charge in [-0.05, 0) is 24.3 Å². The summed E-state index contributed by atoms with van der Waals surface area (Å²) >= 11 is 1.55. The molecule has 2 aromatic rings. The Bertz CT molecular complexity index is 567. The highest BCUT2D eigenvalue weighted by Gasteiger charge is 2.17. The van der Waals surface area contributed by atoms with E-state index in [1.165, 1.54) is 17.0 Å². The number of nitrogen functional groups attached to an aromatic ring is 1. The van der Waals surface area contributed by atoms with E-state index in [0.29, 0.717) is 5.13 Å². The van der Waals surface area contributed by atoms with E-state index in [1.807, 2.05) is 18.3 Å². The van der Waals surface area contributed by atoms with Gasteiger partial charge in [-0.2, -0.15) is 0 Å². The number of nitrogens with zero attached hydrogens (tertiary/aromatic N) is 3. The molecule has 7 heteroatoms. The molecule has 0 unspecified atom stereocenters. The molecule has 0 bridgehead atoms. The first kappa shape index (κ1) is 16.0. The molecule has 0 spiro atoms. The van der Waals surface area contributed by atoms with Crippen LogP contribution in [0, 0.1) is 5.82 Å². The van der Waals surface area contributed by atoms with E-state index in [9.17, 15) is 4.39 Å². The molecule has 2 heterocycles. The molecule has 4 nitrogen and oxygen atoms in total. The van der Waals surface area contributed by atoms with Gasteiger partial charge in [0.25, 0.3) is 0 Å². The van der Waals surface area contributed by atoms with Gasteiger partial charge in [-0.25, -0.2) is 9.37 Å². The molecule has 2 N–H and O–H groups in total. The first-order valence-corrected chi connectivity index (χ1v) is 7.45. The Morgan fingerprint density at radius 3 is 2.38 bits per heavy atom. The van der Waals surface area contributed by atoms with Crippen LogP contribution in [0.2, 0.25) is 0 Å². The third-order valence-corrected chi connectivity index (χ3v) is 4.33. The minimum absolute atomic E-state index is 0. The van der Waals surface area contributed by atoms with Crippen molar-refractivity contribution < 1.29 is 4.39 Å². The van der Waals surface area contributed by atoms with Gasteiger partial charge in [0.05, 0.1) is 0 Å². The summed E-state index contributed by atoms with van der Waals surface area (Å²) < 4.78 is 12.9. The van der Waals surface area contributed by atoms with Gasteiger partial charge >= 0.3 is 0 Å². The van der Waals surface area contributed by atoms with Crippen molar-refractivity contribution in [2.24, 2.45) is 0 Å². The van der Waals surface area contributed by atoms with Crippen LogP contribution in [-0.4, -0.2) is 36.1 Å². The van der Waals surface area contributed by atoms with Crippen LogP contribution >= 0.6 is 23.7 Å². The maximum Gasteiger partial charge on any atom is 0.180 e. The largest absolute Gasteiger partial charge is 0.375 e. The summed E-state index contributed by atoms with van der Waals surface area (Å²) in [5.41, 5.74) is 6.73. The molecule has 3 rings (SSSR count). The smallest absolute Gasteiger partial charge is 0.180 e. The maximum absolute atomic E-state index is 12.9. The molecule has 1 aromatic carbocycles. The Morgan fingerprint density at radius 2 is 1.81 bits per heavy atom. The fourth-order valence-electron chi connectivity index (χ4n) is 2.43. The van der Waals surface area contributed by atoms with Crippen LogP contribution in [0.25, 0.3) is 0 Å². The number of aromatic nitrogens is 1. The monoisotopic (exact) mass is 328 g/mol. The van der Waals surface area contributed by atoms with Crippen molar-refractivity contribution in [3.05, 3.63) is 41.2 Å². The average Bonchev–Trinajstić information content (AvgIpc) is 2.86. The van der Waals surface area contributed by atoms with Crippen molar-refractivity contribution in [1.29, 1.82) is 0 Å². The predicted octanol–water partition coefficient (Wildman–Crippen LogP) is 2.61. The zero-order valence-corrected chi connectivity index (χ0v) is 13.2. The Morgan fingerprint density at radius 1 is 1.14 bits per heavy atom. The van der Waals surface area contributed by atoms with Crippen molar-refractivity contribution in [3.8, 4) is 0 Å². The summed E-state index contributed by atoms with van der Waals surface area (Å²) in [7, 11) is 0. The minimum atomic E-state index is -0.185. The molecule has 1 aliphatic heterocycles. The number of hydrogen-bond acceptors (Lipinski definition) is 5. The molecule has 1 saturated heterocycles. The third kappa shape index (κ3) is 4.06. The van der Waals surface area contributed by atoms with Gasteiger partial charge < -0.3 is 10.6 Å². The third-order valence-electron chi connectivity index (χ3n) is 3.51. The van der Waals surface area contributed by atoms with Gasteiger partial charge in [-0.15, -0.1) is 23.7 Å². The first-order chi connectivity index (χ1) is 9.70. The van der Waals surface area contributed by atoms with Crippen LogP contribution < -0.4 is 10.6 Å². The van der Waals surface area contributed by atoms with Crippen molar-refractivity contribution in [2.45, 2.75) is 6.54 Å². The second kappa shape index (κ2) is 7.06. The number of piperazine rings is 1. The minimum Gasteiger partial charge on any atom is -0.375 e. The van der Waals surface area contributed by atoms with Gasteiger partial charge in [-0.1, -0.05) is 0 Å². The Kier molecular flexibility index (Phi) is 5.39. The lowest BCUT2D eigenvalue weighted by atomic mass is 10.2. The molecule has 0 aliphatic carbocycles. The zero-order valence-electron chi connectivity index (χ0n) is 11.5. The van der Waals surface area contributed by atoms with Crippen molar-refractivity contribution in [3.63, 3.8) is 0 Å². The van der Waals surface area contributed by atoms with E-state index in [-0.39, 0.29) is 18.2 Å². The van der Waals surface area contributed by atoms with Crippen LogP contribution in [0.4, 0.5) is 15.2 Å². The highest BCUT2D eigenvalue weighted by molar-refractivity contribution is 7.15. The van der Waals surface area contributed by atoms with E-state index in [1.54, 1.807) is 11.3 Å². The van der Waals surface area contributed by atoms with Gasteiger partial charge in [0.15, 0.2) is 5.13 Å². The standard InChI is InChI=1S/C14H17FN4S.ClH/c15-11-1-3-12(4-2-11)19-7-5-18(6-8-19)10-13-9-17-14(16)20-13;/h1-4,9H,5-8,10H2,(H2,16,17);1H. The van der Waals surface area contributed by atoms with Gasteiger partial charge in [0.1, 0.15) is 5.82 Å². The SMILES string of the molecule is Cl.Nc1ncc(CN2CCN(c3ccc(F)cc3)CC2)s1. The van der Waals surface area contributed by atoms with E-state index in [0.717, 1.165) is 38.4 Å². The summed E-state index contributed by atoms with van der Waals surface area (Å²) in [6.07, 6.45) is 1.85. The van der Waals surface area contributed by atoms with E-state index < -0.39 is 0 Å². The van der Waals surface area contributed by atoms with Crippen LogP contribution in [0.5, 0.6) is 0 Å². The molecular formula is C14H18ClFN4S. The number of nitrogens with two attached hydrogens (primary N) is 1. The normalized spacial score (nSPS) is 15.8. The number of thiazole rings is 1. The summed E-state index contributed by atoms with van der Waals surface area (Å²) in [6, 6.07) is 6.72. The van der Waals surface area contributed by atoms with Crippen LogP contribution in [0.3, 0.4) is 0 Å². The van der Waals surface area contributed by atoms with E-state index >= 15 is 0 Å². The lowest BCUT2D eigenvalue weighted by Gasteiger charge is -2.35. The molecule has 0 saturated carbocycles. The number of hydrogen-bond donors (Lipinski definition) is 1. The summed E-state index contributed by atoms with van der Waals surface area (Å²) in [5.74, 6) is -0.185. The number of rotatable bonds is 3. The van der Waals surface area contributed by atoms with Crippen molar-refractivity contribution in [2.75, 3.05) is 36.8 Å². The van der Waals surface area contributed by atoms with Gasteiger partial charge in [0.2, 0.25) is 0 Å². The topological polar surface area (TPSA) is 45.4 Å². The van der Waals surface area contributed by atoms with Gasteiger partial charge in [0, 0.05) is 49.5 Å². The Labute approximate surface area is 133 Å². The molecule has 1 aliphatic rings. The molecule has 0 atom stereocenters. The average molecular weight is 329 g/mol. The second-order valence-corrected chi connectivity index (χ2v) is 6.05. The van der Waals surface area contributed by atoms with E-state index in [4.69, 9.17) is 5.73 Å². The fourth-order valence-corrected chi connectivity index (χ4v) is 3.16. The molecule has 0 radical (unpaired) electrons. The number of halogens is 2. The second-order valence-electron chi connectivity index (χ2n) is 4.90. The number of anilines is 2. The highest BCUT2D eigenvalue weighted by atomic mass is 35.5. The summed E-state index contributed by atoms with van der Waals surface area (Å²) in [6.45, 7) is 4.82. The molecular weight excluding hydrogens is 311 g/mol. The molecule has 1 fully saturated rings. The molecule has 0 amide bonds. The zero-order chi connectivity index (χ0) is 13.9. The highest BCUT2D eigenvalue weighted by Crippen LogP contribution is 2.20. The fraction of sp³-hybridized carbons (Fsp3) is 0.357. The molecule has 1 aromatic heterocycles. The van der Waals surface area contributed by atoms with Crippen LogP contribution in [-0.2, 0) is 6.54 Å². The van der Waals surface area contributed by atoms with Crippen molar-refractivity contribution in [1.82, 2.24) is 9.88 Å². The lowest BCUT2D eigenvalue weighted by Crippen LogP contribution is -2.45. The Hall–Kier alpha value is -1.37. The summed E-state index contributed by atoms with van der Waals surface area (Å²) in [5, 5.41) is 0.630.